The van der Waals surface area contributed by atoms with Gasteiger partial charge in [0.2, 0.25) is 5.95 Å². The van der Waals surface area contributed by atoms with Crippen LogP contribution in [0.2, 0.25) is 0 Å². The second-order valence-electron chi connectivity index (χ2n) is 9.14. The lowest BCUT2D eigenvalue weighted by Crippen LogP contribution is -2.54. The van der Waals surface area contributed by atoms with E-state index in [-0.39, 0.29) is 0 Å². The Morgan fingerprint density at radius 1 is 1.15 bits per heavy atom. The van der Waals surface area contributed by atoms with Gasteiger partial charge in [-0.2, -0.15) is 10.1 Å². The van der Waals surface area contributed by atoms with Crippen LogP contribution in [0.3, 0.4) is 0 Å². The molecule has 9 heteroatoms. The zero-order valence-corrected chi connectivity index (χ0v) is 19.5. The Labute approximate surface area is 196 Å². The Bertz CT molecular complexity index is 1220. The van der Waals surface area contributed by atoms with E-state index in [0.717, 1.165) is 52.6 Å². The molecule has 2 fully saturated rings. The third-order valence-electron chi connectivity index (χ3n) is 6.81. The lowest BCUT2D eigenvalue weighted by molar-refractivity contribution is 0.0266. The molecule has 0 spiro atoms. The van der Waals surface area contributed by atoms with Crippen LogP contribution in [0.5, 0.6) is 0 Å². The number of aromatic amines is 1. The molecule has 0 amide bonds. The number of rotatable bonds is 6. The normalized spacial score (nSPS) is 23.0. The average molecular weight is 461 g/mol. The highest BCUT2D eigenvalue weighted by molar-refractivity contribution is 7.16. The minimum Gasteiger partial charge on any atom is -0.351 e. The van der Waals surface area contributed by atoms with Crippen molar-refractivity contribution >= 4 is 39.1 Å². The van der Waals surface area contributed by atoms with Crippen molar-refractivity contribution in [1.82, 2.24) is 30.0 Å². The van der Waals surface area contributed by atoms with Gasteiger partial charge in [-0.15, -0.1) is 11.3 Å². The molecule has 8 nitrogen and oxygen atoms in total. The van der Waals surface area contributed by atoms with Crippen molar-refractivity contribution in [2.75, 3.05) is 10.6 Å². The van der Waals surface area contributed by atoms with E-state index >= 15 is 0 Å². The van der Waals surface area contributed by atoms with Gasteiger partial charge in [0.05, 0.1) is 11.1 Å². The molecule has 0 radical (unpaired) electrons. The molecule has 2 aliphatic heterocycles. The Morgan fingerprint density at radius 2 is 2.03 bits per heavy atom. The summed E-state index contributed by atoms with van der Waals surface area (Å²) in [7, 11) is 0. The van der Waals surface area contributed by atoms with Gasteiger partial charge in [-0.05, 0) is 56.2 Å². The third kappa shape index (κ3) is 4.30. The Balaban J connectivity index is 1.20. The average Bonchev–Trinajstić information content (AvgIpc) is 3.44. The van der Waals surface area contributed by atoms with E-state index in [1.807, 2.05) is 25.3 Å². The zero-order chi connectivity index (χ0) is 22.2. The van der Waals surface area contributed by atoms with Crippen molar-refractivity contribution in [3.63, 3.8) is 0 Å². The number of anilines is 3. The Kier molecular flexibility index (Phi) is 5.43. The number of fused-ring (bicyclic) bond motifs is 3. The number of hydrogen-bond donors (Lipinski definition) is 3. The van der Waals surface area contributed by atoms with E-state index in [1.165, 1.54) is 19.3 Å². The summed E-state index contributed by atoms with van der Waals surface area (Å²) in [6.07, 6.45) is 7.92. The molecule has 6 rings (SSSR count). The molecule has 3 N–H and O–H groups in total. The molecule has 6 heterocycles. The Hall–Kier alpha value is -3.04. The number of piperidine rings is 2. The summed E-state index contributed by atoms with van der Waals surface area (Å²) in [6.45, 7) is 2.93. The fourth-order valence-electron chi connectivity index (χ4n) is 5.33. The van der Waals surface area contributed by atoms with Crippen molar-refractivity contribution in [1.29, 1.82) is 0 Å². The molecule has 4 aromatic rings. The van der Waals surface area contributed by atoms with Gasteiger partial charge < -0.3 is 10.6 Å². The minimum atomic E-state index is 0.373. The standard InChI is InChI=1S/C24H28N8S/c1-15-11-21(31-30-15)27-22-20-8-10-33-23(20)29-24(28-22)26-17-12-18-6-4-7-19(13-17)32(18)14-16-5-2-3-9-25-16/h2-3,5,8-11,17-19H,4,6-7,12-14H2,1H3,(H3,26,27,28,29,30,31)/t17-,18-,19+. The van der Waals surface area contributed by atoms with Crippen LogP contribution in [0.15, 0.2) is 41.9 Å². The molecule has 0 saturated carbocycles. The highest BCUT2D eigenvalue weighted by Gasteiger charge is 2.38. The first-order valence-electron chi connectivity index (χ1n) is 11.7. The van der Waals surface area contributed by atoms with E-state index < -0.39 is 0 Å². The highest BCUT2D eigenvalue weighted by atomic mass is 32.1. The van der Waals surface area contributed by atoms with Gasteiger partial charge in [-0.1, -0.05) is 12.5 Å². The lowest BCUT2D eigenvalue weighted by Gasteiger charge is -2.49. The first-order chi connectivity index (χ1) is 16.2. The van der Waals surface area contributed by atoms with Gasteiger partial charge in [-0.25, -0.2) is 4.98 Å². The van der Waals surface area contributed by atoms with Crippen molar-refractivity contribution in [2.45, 2.75) is 63.7 Å². The number of H-pyrrole nitrogens is 1. The molecule has 2 saturated heterocycles. The molecular weight excluding hydrogens is 432 g/mol. The van der Waals surface area contributed by atoms with Crippen LogP contribution in [-0.4, -0.2) is 48.2 Å². The van der Waals surface area contributed by atoms with Crippen LogP contribution in [0.1, 0.15) is 43.5 Å². The predicted octanol–water partition coefficient (Wildman–Crippen LogP) is 4.86. The summed E-state index contributed by atoms with van der Waals surface area (Å²) >= 11 is 1.64. The van der Waals surface area contributed by atoms with Crippen LogP contribution in [-0.2, 0) is 6.54 Å². The van der Waals surface area contributed by atoms with Crippen LogP contribution in [0, 0.1) is 6.92 Å². The summed E-state index contributed by atoms with van der Waals surface area (Å²) in [5.41, 5.74) is 2.17. The summed E-state index contributed by atoms with van der Waals surface area (Å²) < 4.78 is 0. The SMILES string of the molecule is Cc1cc(Nc2nc(N[C@@H]3C[C@H]4CCC[C@@H](C3)N4Cc3ccccn3)nc3sccc23)n[nH]1. The molecule has 0 unspecified atom stereocenters. The molecule has 0 aliphatic carbocycles. The van der Waals surface area contributed by atoms with E-state index in [2.05, 4.69) is 54.3 Å². The first kappa shape index (κ1) is 20.6. The van der Waals surface area contributed by atoms with Gasteiger partial charge in [-0.3, -0.25) is 15.0 Å². The fraction of sp³-hybridized carbons (Fsp3) is 0.417. The maximum absolute atomic E-state index is 4.85. The third-order valence-corrected chi connectivity index (χ3v) is 7.61. The number of hydrogen-bond acceptors (Lipinski definition) is 8. The van der Waals surface area contributed by atoms with Gasteiger partial charge >= 0.3 is 0 Å². The van der Waals surface area contributed by atoms with E-state index in [0.29, 0.717) is 24.1 Å². The van der Waals surface area contributed by atoms with Gasteiger partial charge in [0.15, 0.2) is 5.82 Å². The number of thiophene rings is 1. The van der Waals surface area contributed by atoms with E-state index in [1.54, 1.807) is 11.3 Å². The van der Waals surface area contributed by atoms with Gasteiger partial charge in [0.25, 0.3) is 0 Å². The second kappa shape index (κ2) is 8.72. The molecule has 170 valence electrons. The summed E-state index contributed by atoms with van der Waals surface area (Å²) in [6, 6.07) is 11.8. The molecule has 33 heavy (non-hydrogen) atoms. The van der Waals surface area contributed by atoms with Gasteiger partial charge in [0, 0.05) is 42.6 Å². The fourth-order valence-corrected chi connectivity index (χ4v) is 6.10. The molecule has 3 atom stereocenters. The van der Waals surface area contributed by atoms with Gasteiger partial charge in [0.1, 0.15) is 10.6 Å². The maximum atomic E-state index is 4.85. The minimum absolute atomic E-state index is 0.373. The lowest BCUT2D eigenvalue weighted by atomic mass is 9.81. The van der Waals surface area contributed by atoms with Crippen LogP contribution in [0.25, 0.3) is 10.2 Å². The van der Waals surface area contributed by atoms with Crippen LogP contribution in [0.4, 0.5) is 17.6 Å². The quantitative estimate of drug-likeness (QED) is 0.378. The number of aromatic nitrogens is 5. The first-order valence-corrected chi connectivity index (χ1v) is 12.6. The number of nitrogens with zero attached hydrogens (tertiary/aromatic N) is 5. The molecule has 0 aromatic carbocycles. The number of aryl methyl sites for hydroxylation is 1. The molecule has 4 aromatic heterocycles. The highest BCUT2D eigenvalue weighted by Crippen LogP contribution is 2.36. The summed E-state index contributed by atoms with van der Waals surface area (Å²) in [4.78, 5) is 17.9. The second-order valence-corrected chi connectivity index (χ2v) is 10.0. The zero-order valence-electron chi connectivity index (χ0n) is 18.7. The van der Waals surface area contributed by atoms with E-state index in [4.69, 9.17) is 9.97 Å². The Morgan fingerprint density at radius 3 is 2.79 bits per heavy atom. The monoisotopic (exact) mass is 460 g/mol. The summed E-state index contributed by atoms with van der Waals surface area (Å²) in [5, 5.41) is 17.4. The largest absolute Gasteiger partial charge is 0.351 e. The number of pyridine rings is 1. The van der Waals surface area contributed by atoms with Crippen molar-refractivity contribution in [3.8, 4) is 0 Å². The van der Waals surface area contributed by atoms with Crippen molar-refractivity contribution in [2.24, 2.45) is 0 Å². The smallest absolute Gasteiger partial charge is 0.226 e. The predicted molar refractivity (Wildman–Crippen MR) is 132 cm³/mol. The summed E-state index contributed by atoms with van der Waals surface area (Å²) in [5.74, 6) is 2.26. The molecular formula is C24H28N8S. The maximum Gasteiger partial charge on any atom is 0.226 e. The number of nitrogens with one attached hydrogen (secondary N) is 3. The van der Waals surface area contributed by atoms with Crippen LogP contribution >= 0.6 is 11.3 Å². The van der Waals surface area contributed by atoms with E-state index in [9.17, 15) is 0 Å². The molecule has 2 bridgehead atoms. The topological polar surface area (TPSA) is 94.7 Å². The van der Waals surface area contributed by atoms with Crippen molar-refractivity contribution in [3.05, 3.63) is 53.3 Å². The van der Waals surface area contributed by atoms with Crippen molar-refractivity contribution < 1.29 is 0 Å². The molecule has 2 aliphatic rings. The van der Waals surface area contributed by atoms with Crippen LogP contribution < -0.4 is 10.6 Å².